The van der Waals surface area contributed by atoms with Gasteiger partial charge in [-0.2, -0.15) is 10.2 Å². The third kappa shape index (κ3) is 3.09. The summed E-state index contributed by atoms with van der Waals surface area (Å²) in [6, 6.07) is 2.56. The van der Waals surface area contributed by atoms with Crippen LogP contribution in [0.2, 0.25) is 0 Å². The van der Waals surface area contributed by atoms with Crippen molar-refractivity contribution in [1.82, 2.24) is 34.8 Å². The monoisotopic (exact) mass is 461 g/mol. The highest BCUT2D eigenvalue weighted by Crippen LogP contribution is 2.57. The zero-order chi connectivity index (χ0) is 22.7. The van der Waals surface area contributed by atoms with Crippen LogP contribution in [0.4, 0.5) is 4.79 Å². The summed E-state index contributed by atoms with van der Waals surface area (Å²) in [6.07, 6.45) is 9.91. The molecular formula is C26H35N7O. The van der Waals surface area contributed by atoms with Crippen molar-refractivity contribution >= 4 is 6.03 Å². The van der Waals surface area contributed by atoms with E-state index in [0.717, 1.165) is 69.1 Å². The number of aryl methyl sites for hydroxylation is 1. The van der Waals surface area contributed by atoms with E-state index in [0.29, 0.717) is 22.7 Å². The standard InChI is InChI=1S/C26H35N7O/c1-16-6-21(18-2-3-18)30-33(16)11-17-7-25(8-17)12-31(13-25)24(34)32-14-26(15-32)9-20(10-26)23-27-22(28-29-23)19-4-5-19/h6,17-20H,2-5,7-15H2,1H3,(H,27,28,29). The first kappa shape index (κ1) is 19.9. The first-order valence-electron chi connectivity index (χ1n) is 13.5. The Kier molecular flexibility index (Phi) is 3.88. The molecule has 4 saturated carbocycles. The number of carbonyl (C=O) groups excluding carboxylic acids is 1. The summed E-state index contributed by atoms with van der Waals surface area (Å²) >= 11 is 0. The molecule has 2 aromatic rings. The van der Waals surface area contributed by atoms with E-state index in [4.69, 9.17) is 10.1 Å². The lowest BCUT2D eigenvalue weighted by Crippen LogP contribution is -2.71. The van der Waals surface area contributed by atoms with Gasteiger partial charge in [-0.05, 0) is 70.3 Å². The molecule has 2 spiro atoms. The molecule has 1 N–H and O–H groups in total. The largest absolute Gasteiger partial charge is 0.323 e. The van der Waals surface area contributed by atoms with E-state index in [2.05, 4.69) is 37.7 Å². The van der Waals surface area contributed by atoms with E-state index >= 15 is 0 Å². The predicted octanol–water partition coefficient (Wildman–Crippen LogP) is 3.78. The van der Waals surface area contributed by atoms with Gasteiger partial charge in [0.15, 0.2) is 5.82 Å². The first-order chi connectivity index (χ1) is 16.5. The molecule has 34 heavy (non-hydrogen) atoms. The normalized spacial score (nSPS) is 27.4. The van der Waals surface area contributed by atoms with E-state index < -0.39 is 0 Å². The van der Waals surface area contributed by atoms with Crippen LogP contribution in [0.5, 0.6) is 0 Å². The van der Waals surface area contributed by atoms with Gasteiger partial charge in [0.2, 0.25) is 0 Å². The van der Waals surface area contributed by atoms with Crippen LogP contribution >= 0.6 is 0 Å². The molecule has 8 rings (SSSR count). The molecule has 8 heteroatoms. The van der Waals surface area contributed by atoms with Crippen molar-refractivity contribution in [2.24, 2.45) is 16.7 Å². The maximum atomic E-state index is 13.0. The third-order valence-corrected chi connectivity index (χ3v) is 9.72. The maximum absolute atomic E-state index is 13.0. The summed E-state index contributed by atoms with van der Waals surface area (Å²) in [4.78, 5) is 21.9. The van der Waals surface area contributed by atoms with Crippen LogP contribution in [0.25, 0.3) is 0 Å². The molecule has 8 nitrogen and oxygen atoms in total. The molecule has 0 aromatic carbocycles. The summed E-state index contributed by atoms with van der Waals surface area (Å²) < 4.78 is 2.24. The number of amides is 2. The zero-order valence-corrected chi connectivity index (χ0v) is 20.2. The minimum Gasteiger partial charge on any atom is -0.323 e. The highest BCUT2D eigenvalue weighted by atomic mass is 16.2. The number of carbonyl (C=O) groups is 1. The van der Waals surface area contributed by atoms with Crippen molar-refractivity contribution in [3.05, 3.63) is 29.1 Å². The molecular weight excluding hydrogens is 426 g/mol. The minimum absolute atomic E-state index is 0.274. The fourth-order valence-corrected chi connectivity index (χ4v) is 7.53. The molecule has 180 valence electrons. The number of hydrogen-bond acceptors (Lipinski definition) is 4. The van der Waals surface area contributed by atoms with Gasteiger partial charge < -0.3 is 9.80 Å². The Morgan fingerprint density at radius 1 is 0.971 bits per heavy atom. The Hall–Kier alpha value is -2.38. The number of H-pyrrole nitrogens is 1. The van der Waals surface area contributed by atoms with Crippen molar-refractivity contribution in [3.8, 4) is 0 Å². The van der Waals surface area contributed by atoms with Gasteiger partial charge in [0.05, 0.1) is 5.69 Å². The van der Waals surface area contributed by atoms with E-state index in [-0.39, 0.29) is 6.03 Å². The highest BCUT2D eigenvalue weighted by molar-refractivity contribution is 5.77. The molecule has 0 radical (unpaired) electrons. The molecule has 2 aromatic heterocycles. The average molecular weight is 462 g/mol. The number of aromatic nitrogens is 5. The first-order valence-corrected chi connectivity index (χ1v) is 13.5. The van der Waals surface area contributed by atoms with Crippen LogP contribution in [-0.4, -0.2) is 67.0 Å². The summed E-state index contributed by atoms with van der Waals surface area (Å²) in [5, 5.41) is 12.5. The number of hydrogen-bond donors (Lipinski definition) is 1. The Morgan fingerprint density at radius 2 is 1.62 bits per heavy atom. The Bertz CT molecular complexity index is 1130. The molecule has 2 amide bonds. The topological polar surface area (TPSA) is 82.9 Å². The van der Waals surface area contributed by atoms with E-state index in [1.807, 2.05) is 0 Å². The molecule has 0 atom stereocenters. The van der Waals surface area contributed by atoms with Crippen LogP contribution in [0, 0.1) is 23.7 Å². The van der Waals surface area contributed by atoms with Gasteiger partial charge in [0, 0.05) is 67.0 Å². The molecule has 0 bridgehead atoms. The second-order valence-electron chi connectivity index (χ2n) is 12.9. The molecule has 0 unspecified atom stereocenters. The summed E-state index contributed by atoms with van der Waals surface area (Å²) in [5.74, 6) is 4.67. The Labute approximate surface area is 200 Å². The van der Waals surface area contributed by atoms with Crippen LogP contribution < -0.4 is 0 Å². The lowest BCUT2D eigenvalue weighted by molar-refractivity contribution is -0.103. The third-order valence-electron chi connectivity index (χ3n) is 9.72. The lowest BCUT2D eigenvalue weighted by atomic mass is 9.57. The average Bonchev–Trinajstić information content (AvgIpc) is 3.63. The van der Waals surface area contributed by atoms with Crippen LogP contribution in [-0.2, 0) is 6.54 Å². The quantitative estimate of drug-likeness (QED) is 0.735. The smallest absolute Gasteiger partial charge is 0.320 e. The second kappa shape index (κ2) is 6.64. The predicted molar refractivity (Wildman–Crippen MR) is 125 cm³/mol. The van der Waals surface area contributed by atoms with Crippen molar-refractivity contribution < 1.29 is 4.79 Å². The molecule has 2 saturated heterocycles. The fraction of sp³-hybridized carbons (Fsp3) is 0.769. The summed E-state index contributed by atoms with van der Waals surface area (Å²) in [5.41, 5.74) is 3.36. The van der Waals surface area contributed by atoms with Crippen molar-refractivity contribution in [2.45, 2.75) is 82.6 Å². The molecule has 4 aliphatic carbocycles. The van der Waals surface area contributed by atoms with Crippen molar-refractivity contribution in [2.75, 3.05) is 26.2 Å². The van der Waals surface area contributed by atoms with Crippen molar-refractivity contribution in [3.63, 3.8) is 0 Å². The number of rotatable bonds is 5. The Balaban J connectivity index is 0.790. The van der Waals surface area contributed by atoms with Gasteiger partial charge in [-0.1, -0.05) is 0 Å². The van der Waals surface area contributed by atoms with Gasteiger partial charge in [-0.3, -0.25) is 9.78 Å². The number of likely N-dealkylation sites (tertiary alicyclic amines) is 2. The van der Waals surface area contributed by atoms with E-state index in [1.54, 1.807) is 0 Å². The van der Waals surface area contributed by atoms with Crippen LogP contribution in [0.3, 0.4) is 0 Å². The maximum Gasteiger partial charge on any atom is 0.320 e. The van der Waals surface area contributed by atoms with Crippen molar-refractivity contribution in [1.29, 1.82) is 0 Å². The highest BCUT2D eigenvalue weighted by Gasteiger charge is 2.58. The number of urea groups is 1. The van der Waals surface area contributed by atoms with Gasteiger partial charge in [0.25, 0.3) is 0 Å². The van der Waals surface area contributed by atoms with Gasteiger partial charge in [0.1, 0.15) is 5.82 Å². The fourth-order valence-electron chi connectivity index (χ4n) is 7.53. The number of nitrogens with zero attached hydrogens (tertiary/aromatic N) is 6. The minimum atomic E-state index is 0.274. The van der Waals surface area contributed by atoms with E-state index in [9.17, 15) is 4.79 Å². The molecule has 4 heterocycles. The van der Waals surface area contributed by atoms with E-state index in [1.165, 1.54) is 49.9 Å². The molecule has 6 aliphatic rings. The van der Waals surface area contributed by atoms with Gasteiger partial charge in [-0.15, -0.1) is 0 Å². The summed E-state index contributed by atoms with van der Waals surface area (Å²) in [7, 11) is 0. The van der Waals surface area contributed by atoms with Gasteiger partial charge in [-0.25, -0.2) is 9.78 Å². The molecule has 2 aliphatic heterocycles. The second-order valence-corrected chi connectivity index (χ2v) is 12.9. The zero-order valence-electron chi connectivity index (χ0n) is 20.2. The van der Waals surface area contributed by atoms with Crippen LogP contribution in [0.1, 0.15) is 92.2 Å². The molecule has 6 fully saturated rings. The van der Waals surface area contributed by atoms with Crippen LogP contribution in [0.15, 0.2) is 6.07 Å². The van der Waals surface area contributed by atoms with Gasteiger partial charge >= 0.3 is 6.03 Å². The lowest BCUT2D eigenvalue weighted by Gasteiger charge is -2.63. The number of nitrogens with one attached hydrogen (secondary N) is 1. The summed E-state index contributed by atoms with van der Waals surface area (Å²) in [6.45, 7) is 7.03. The Morgan fingerprint density at radius 3 is 2.26 bits per heavy atom. The number of aromatic amines is 1. The SMILES string of the molecule is Cc1cc(C2CC2)nn1CC1CC2(C1)CN(C(=O)N1CC3(CC(c4nc(C5CC5)n[nH]4)C3)C1)C2.